The number of carbonyl (C=O) groups is 1. The molecule has 2 heterocycles. The molecule has 1 N–H and O–H groups in total. The molecule has 5 rings (SSSR count). The number of rotatable bonds is 7. The third-order valence-electron chi connectivity index (χ3n) is 7.40. The van der Waals surface area contributed by atoms with Crippen molar-refractivity contribution in [3.8, 4) is 0 Å². The first kappa shape index (κ1) is 24.3. The molecule has 1 saturated carbocycles. The first-order valence-corrected chi connectivity index (χ1v) is 13.8. The molecule has 5 nitrogen and oxygen atoms in total. The number of hydrogen-bond donors (Lipinski definition) is 1. The van der Waals surface area contributed by atoms with E-state index in [4.69, 9.17) is 16.0 Å². The molecule has 35 heavy (non-hydrogen) atoms. The summed E-state index contributed by atoms with van der Waals surface area (Å²) in [6.45, 7) is 6.08. The highest BCUT2D eigenvalue weighted by molar-refractivity contribution is 7.13. The number of nitrogens with zero attached hydrogens (tertiary/aromatic N) is 3. The van der Waals surface area contributed by atoms with Gasteiger partial charge < -0.3 is 10.2 Å². The molecule has 2 atom stereocenters. The Labute approximate surface area is 216 Å². The SMILES string of the molecule is O=C(/C=C/c1cccc(Cl)c1)NC[C@H]1CCCC[C@@H]1CN1CCN(c2nsc3ccccc23)CC1. The van der Waals surface area contributed by atoms with Crippen molar-refractivity contribution in [3.05, 3.63) is 65.2 Å². The van der Waals surface area contributed by atoms with Gasteiger partial charge in [-0.3, -0.25) is 9.69 Å². The lowest BCUT2D eigenvalue weighted by Crippen LogP contribution is -2.49. The van der Waals surface area contributed by atoms with Crippen molar-refractivity contribution in [2.45, 2.75) is 25.7 Å². The summed E-state index contributed by atoms with van der Waals surface area (Å²) in [6.07, 6.45) is 8.47. The van der Waals surface area contributed by atoms with Crippen molar-refractivity contribution < 1.29 is 4.79 Å². The Morgan fingerprint density at radius 1 is 1.06 bits per heavy atom. The van der Waals surface area contributed by atoms with Gasteiger partial charge in [0.05, 0.1) is 4.70 Å². The number of piperazine rings is 1. The number of halogens is 1. The number of aromatic nitrogens is 1. The summed E-state index contributed by atoms with van der Waals surface area (Å²) in [5, 5.41) is 5.11. The zero-order valence-electron chi connectivity index (χ0n) is 20.0. The minimum Gasteiger partial charge on any atom is -0.353 e. The van der Waals surface area contributed by atoms with Crippen molar-refractivity contribution >= 4 is 51.0 Å². The van der Waals surface area contributed by atoms with Crippen molar-refractivity contribution in [2.24, 2.45) is 11.8 Å². The topological polar surface area (TPSA) is 48.5 Å². The van der Waals surface area contributed by atoms with E-state index < -0.39 is 0 Å². The van der Waals surface area contributed by atoms with E-state index in [0.29, 0.717) is 16.9 Å². The standard InChI is InChI=1S/C28H33ClN4OS/c29-24-9-5-6-21(18-24)12-13-27(34)30-19-22-7-1-2-8-23(22)20-32-14-16-33(17-15-32)28-25-10-3-4-11-26(25)35-31-28/h3-6,9-13,18,22-23H,1-2,7-8,14-17,19-20H2,(H,30,34)/b13-12+/t22-,23-/m1/s1. The van der Waals surface area contributed by atoms with Gasteiger partial charge in [0, 0.05) is 55.8 Å². The average molecular weight is 509 g/mol. The molecule has 1 aliphatic carbocycles. The van der Waals surface area contributed by atoms with Crippen LogP contribution in [0.1, 0.15) is 31.2 Å². The van der Waals surface area contributed by atoms with Crippen LogP contribution in [0.3, 0.4) is 0 Å². The quantitative estimate of drug-likeness (QED) is 0.415. The summed E-state index contributed by atoms with van der Waals surface area (Å²) in [4.78, 5) is 17.5. The van der Waals surface area contributed by atoms with Crippen LogP contribution in [0.5, 0.6) is 0 Å². The van der Waals surface area contributed by atoms with E-state index >= 15 is 0 Å². The van der Waals surface area contributed by atoms with Gasteiger partial charge in [0.15, 0.2) is 0 Å². The predicted molar refractivity (Wildman–Crippen MR) is 147 cm³/mol. The fourth-order valence-electron chi connectivity index (χ4n) is 5.44. The molecule has 184 valence electrons. The van der Waals surface area contributed by atoms with Crippen molar-refractivity contribution in [1.29, 1.82) is 0 Å². The number of hydrogen-bond acceptors (Lipinski definition) is 5. The minimum absolute atomic E-state index is 0.0293. The molecule has 1 aromatic heterocycles. The molecule has 2 aliphatic rings. The van der Waals surface area contributed by atoms with Crippen molar-refractivity contribution in [2.75, 3.05) is 44.2 Å². The van der Waals surface area contributed by atoms with Crippen LogP contribution < -0.4 is 10.2 Å². The maximum atomic E-state index is 12.4. The summed E-state index contributed by atoms with van der Waals surface area (Å²) in [5.41, 5.74) is 0.938. The zero-order chi connectivity index (χ0) is 24.0. The number of carbonyl (C=O) groups excluding carboxylic acids is 1. The lowest BCUT2D eigenvalue weighted by Gasteiger charge is -2.40. The molecule has 7 heteroatoms. The van der Waals surface area contributed by atoms with Gasteiger partial charge in [-0.1, -0.05) is 48.7 Å². The molecule has 3 aromatic rings. The molecule has 1 amide bonds. The van der Waals surface area contributed by atoms with Crippen molar-refractivity contribution in [1.82, 2.24) is 14.6 Å². The molecule has 1 aliphatic heterocycles. The summed E-state index contributed by atoms with van der Waals surface area (Å²) in [7, 11) is 0. The van der Waals surface area contributed by atoms with Gasteiger partial charge in [0.1, 0.15) is 5.82 Å². The summed E-state index contributed by atoms with van der Waals surface area (Å²) >= 11 is 7.63. The molecule has 0 unspecified atom stereocenters. The number of amides is 1. The van der Waals surface area contributed by atoms with Crippen molar-refractivity contribution in [3.63, 3.8) is 0 Å². The largest absolute Gasteiger partial charge is 0.353 e. The molecule has 0 bridgehead atoms. The Morgan fingerprint density at radius 2 is 1.86 bits per heavy atom. The van der Waals surface area contributed by atoms with Crippen LogP contribution in [-0.4, -0.2) is 54.4 Å². The first-order valence-electron chi connectivity index (χ1n) is 12.7. The second-order valence-electron chi connectivity index (χ2n) is 9.73. The maximum absolute atomic E-state index is 12.4. The highest BCUT2D eigenvalue weighted by atomic mass is 35.5. The van der Waals surface area contributed by atoms with Gasteiger partial charge in [-0.2, -0.15) is 4.37 Å². The Balaban J connectivity index is 1.11. The highest BCUT2D eigenvalue weighted by Crippen LogP contribution is 2.32. The van der Waals surface area contributed by atoms with E-state index in [0.717, 1.165) is 50.6 Å². The smallest absolute Gasteiger partial charge is 0.244 e. The summed E-state index contributed by atoms with van der Waals surface area (Å²) < 4.78 is 6.01. The summed E-state index contributed by atoms with van der Waals surface area (Å²) in [5.74, 6) is 2.31. The van der Waals surface area contributed by atoms with E-state index in [9.17, 15) is 4.79 Å². The number of fused-ring (bicyclic) bond motifs is 1. The van der Waals surface area contributed by atoms with Gasteiger partial charge in [-0.15, -0.1) is 0 Å². The van der Waals surface area contributed by atoms with Gasteiger partial charge in [0.2, 0.25) is 5.91 Å². The molecular formula is C28H33ClN4OS. The average Bonchev–Trinajstić information content (AvgIpc) is 3.32. The van der Waals surface area contributed by atoms with E-state index in [1.54, 1.807) is 17.6 Å². The van der Waals surface area contributed by atoms with Crippen LogP contribution in [0.25, 0.3) is 16.2 Å². The molecular weight excluding hydrogens is 476 g/mol. The Hall–Kier alpha value is -2.41. The fourth-order valence-corrected chi connectivity index (χ4v) is 6.44. The summed E-state index contributed by atoms with van der Waals surface area (Å²) in [6, 6.07) is 16.1. The van der Waals surface area contributed by atoms with Gasteiger partial charge in [-0.05, 0) is 72.1 Å². The second kappa shape index (κ2) is 11.5. The third kappa shape index (κ3) is 6.24. The Bertz CT molecular complexity index is 1170. The number of anilines is 1. The molecule has 0 radical (unpaired) electrons. The normalized spacial score (nSPS) is 21.6. The fraction of sp³-hybridized carbons (Fsp3) is 0.429. The van der Waals surface area contributed by atoms with Crippen LogP contribution in [-0.2, 0) is 4.79 Å². The predicted octanol–water partition coefficient (Wildman–Crippen LogP) is 5.71. The zero-order valence-corrected chi connectivity index (χ0v) is 21.6. The van der Waals surface area contributed by atoms with Gasteiger partial charge >= 0.3 is 0 Å². The van der Waals surface area contributed by atoms with E-state index in [-0.39, 0.29) is 5.91 Å². The van der Waals surface area contributed by atoms with E-state index in [1.165, 1.54) is 35.8 Å². The van der Waals surface area contributed by atoms with E-state index in [2.05, 4.69) is 39.4 Å². The van der Waals surface area contributed by atoms with Crippen LogP contribution in [0.15, 0.2) is 54.6 Å². The first-order chi connectivity index (χ1) is 17.2. The van der Waals surface area contributed by atoms with Crippen LogP contribution in [0, 0.1) is 11.8 Å². The van der Waals surface area contributed by atoms with Crippen LogP contribution in [0.2, 0.25) is 5.02 Å². The lowest BCUT2D eigenvalue weighted by molar-refractivity contribution is -0.116. The molecule has 2 fully saturated rings. The third-order valence-corrected chi connectivity index (χ3v) is 8.46. The number of nitrogens with one attached hydrogen (secondary N) is 1. The lowest BCUT2D eigenvalue weighted by atomic mass is 9.78. The van der Waals surface area contributed by atoms with Crippen LogP contribution >= 0.6 is 23.1 Å². The van der Waals surface area contributed by atoms with E-state index in [1.807, 2.05) is 30.3 Å². The molecule has 1 saturated heterocycles. The maximum Gasteiger partial charge on any atom is 0.244 e. The Kier molecular flexibility index (Phi) is 8.02. The monoisotopic (exact) mass is 508 g/mol. The highest BCUT2D eigenvalue weighted by Gasteiger charge is 2.29. The van der Waals surface area contributed by atoms with Gasteiger partial charge in [-0.25, -0.2) is 0 Å². The number of benzene rings is 2. The van der Waals surface area contributed by atoms with Gasteiger partial charge in [0.25, 0.3) is 0 Å². The molecule has 0 spiro atoms. The Morgan fingerprint density at radius 3 is 2.69 bits per heavy atom. The molecule has 2 aromatic carbocycles. The second-order valence-corrected chi connectivity index (χ2v) is 11.0. The van der Waals surface area contributed by atoms with Crippen LogP contribution in [0.4, 0.5) is 5.82 Å². The minimum atomic E-state index is -0.0293.